The van der Waals surface area contributed by atoms with E-state index in [9.17, 15) is 9.59 Å². The molecule has 152 valence electrons. The molecule has 0 radical (unpaired) electrons. The molecule has 4 rings (SSSR count). The van der Waals surface area contributed by atoms with Gasteiger partial charge in [0.15, 0.2) is 14.8 Å². The van der Waals surface area contributed by atoms with Gasteiger partial charge in [-0.1, -0.05) is 60.1 Å². The van der Waals surface area contributed by atoms with Crippen LogP contribution in [0.2, 0.25) is 0 Å². The number of nitrogens with one attached hydrogen (secondary N) is 2. The Kier molecular flexibility index (Phi) is 6.17. The second kappa shape index (κ2) is 8.81. The van der Waals surface area contributed by atoms with Crippen molar-refractivity contribution in [3.63, 3.8) is 0 Å². The molecular weight excluding hydrogens is 424 g/mol. The average molecular weight is 447 g/mol. The third kappa shape index (κ3) is 4.62. The lowest BCUT2D eigenvalue weighted by Gasteiger charge is -2.22. The summed E-state index contributed by atoms with van der Waals surface area (Å²) in [6, 6.07) is 8.20. The Morgan fingerprint density at radius 1 is 1.31 bits per heavy atom. The zero-order valence-corrected chi connectivity index (χ0v) is 18.5. The summed E-state index contributed by atoms with van der Waals surface area (Å²) in [6.07, 6.45) is 5.68. The molecule has 0 atom stereocenters. The number of hydrogen-bond donors (Lipinski definition) is 2. The van der Waals surface area contributed by atoms with Gasteiger partial charge < -0.3 is 10.3 Å². The van der Waals surface area contributed by atoms with Gasteiger partial charge in [0.25, 0.3) is 5.56 Å². The number of carbonyl (C=O) groups excluding carboxylic acids is 1. The molecule has 1 saturated carbocycles. The van der Waals surface area contributed by atoms with Crippen LogP contribution in [-0.2, 0) is 4.79 Å². The quantitative estimate of drug-likeness (QED) is 0.346. The van der Waals surface area contributed by atoms with E-state index in [1.54, 1.807) is 0 Å². The maximum Gasteiger partial charge on any atom is 0.271 e. The van der Waals surface area contributed by atoms with Crippen molar-refractivity contribution < 1.29 is 4.79 Å². The number of thioether (sulfide) groups is 1. The van der Waals surface area contributed by atoms with Crippen LogP contribution in [0.5, 0.6) is 0 Å². The van der Waals surface area contributed by atoms with Gasteiger partial charge in [-0.2, -0.15) is 0 Å². The third-order valence-electron chi connectivity index (χ3n) is 5.02. The fraction of sp³-hybridized carbons (Fsp3) is 0.400. The van der Waals surface area contributed by atoms with Crippen LogP contribution in [0, 0.1) is 10.9 Å². The number of aromatic amines is 1. The Balaban J connectivity index is 1.57. The Hall–Kier alpha value is -1.97. The lowest BCUT2D eigenvalue weighted by Crippen LogP contribution is -2.37. The fourth-order valence-corrected chi connectivity index (χ4v) is 5.47. The molecule has 1 aromatic carbocycles. The number of H-pyrrole nitrogens is 1. The first-order valence-corrected chi connectivity index (χ1v) is 11.9. The number of amides is 1. The maximum absolute atomic E-state index is 12.6. The summed E-state index contributed by atoms with van der Waals surface area (Å²) >= 11 is 7.97. The summed E-state index contributed by atoms with van der Waals surface area (Å²) in [5.41, 5.74) is 2.32. The predicted octanol–water partition coefficient (Wildman–Crippen LogP) is 4.35. The number of fused-ring (bicyclic) bond motifs is 1. The van der Waals surface area contributed by atoms with Crippen LogP contribution in [0.4, 0.5) is 0 Å². The van der Waals surface area contributed by atoms with Gasteiger partial charge in [0.1, 0.15) is 4.70 Å². The van der Waals surface area contributed by atoms with Gasteiger partial charge in [0, 0.05) is 11.7 Å². The molecular formula is C20H22N4O2S3. The van der Waals surface area contributed by atoms with Crippen molar-refractivity contribution in [1.29, 1.82) is 0 Å². The number of rotatable bonds is 5. The molecule has 0 unspecified atom stereocenters. The molecule has 9 heteroatoms. The van der Waals surface area contributed by atoms with Crippen LogP contribution in [-0.4, -0.2) is 32.2 Å². The minimum atomic E-state index is -0.229. The monoisotopic (exact) mass is 446 g/mol. The number of nitrogens with zero attached hydrogens (tertiary/aromatic N) is 2. The Morgan fingerprint density at radius 3 is 2.76 bits per heavy atom. The topological polar surface area (TPSA) is 79.8 Å². The normalized spacial score (nSPS) is 14.9. The molecule has 6 nitrogen and oxygen atoms in total. The van der Waals surface area contributed by atoms with Crippen LogP contribution < -0.4 is 10.9 Å². The average Bonchev–Trinajstić information content (AvgIpc) is 3.04. The second-order valence-corrected chi connectivity index (χ2v) is 9.86. The molecule has 0 bridgehead atoms. The second-order valence-electron chi connectivity index (χ2n) is 7.25. The molecule has 1 amide bonds. The van der Waals surface area contributed by atoms with Crippen LogP contribution >= 0.6 is 35.3 Å². The van der Waals surface area contributed by atoms with E-state index in [1.807, 2.05) is 35.8 Å². The number of carbonyl (C=O) groups is 1. The van der Waals surface area contributed by atoms with Gasteiger partial charge in [0.05, 0.1) is 5.75 Å². The van der Waals surface area contributed by atoms with Crippen molar-refractivity contribution in [2.45, 2.75) is 50.2 Å². The SMILES string of the molecule is Cc1ccc(-n2c(=S)sc3c(=O)[nH]c(SCC(=O)NC4CCCCC4)nc32)cc1. The summed E-state index contributed by atoms with van der Waals surface area (Å²) < 4.78 is 2.88. The highest BCUT2D eigenvalue weighted by Gasteiger charge is 2.17. The van der Waals surface area contributed by atoms with Crippen molar-refractivity contribution in [3.8, 4) is 5.69 Å². The molecule has 1 aliphatic rings. The summed E-state index contributed by atoms with van der Waals surface area (Å²) in [7, 11) is 0. The van der Waals surface area contributed by atoms with E-state index in [4.69, 9.17) is 12.2 Å². The molecule has 0 spiro atoms. The molecule has 0 aliphatic heterocycles. The number of aryl methyl sites for hydroxylation is 1. The summed E-state index contributed by atoms with van der Waals surface area (Å²) in [5, 5.41) is 3.51. The molecule has 29 heavy (non-hydrogen) atoms. The van der Waals surface area contributed by atoms with Gasteiger partial charge in [-0.3, -0.25) is 14.2 Å². The summed E-state index contributed by atoms with van der Waals surface area (Å²) in [6.45, 7) is 2.02. The maximum atomic E-state index is 12.6. The lowest BCUT2D eigenvalue weighted by molar-refractivity contribution is -0.119. The van der Waals surface area contributed by atoms with Gasteiger partial charge in [-0.25, -0.2) is 4.98 Å². The van der Waals surface area contributed by atoms with Crippen molar-refractivity contribution >= 4 is 51.6 Å². The minimum Gasteiger partial charge on any atom is -0.353 e. The summed E-state index contributed by atoms with van der Waals surface area (Å²) in [5.74, 6) is 0.200. The highest BCUT2D eigenvalue weighted by Crippen LogP contribution is 2.25. The van der Waals surface area contributed by atoms with Crippen LogP contribution in [0.25, 0.3) is 16.0 Å². The molecule has 2 N–H and O–H groups in total. The largest absolute Gasteiger partial charge is 0.353 e. The van der Waals surface area contributed by atoms with E-state index < -0.39 is 0 Å². The van der Waals surface area contributed by atoms with Gasteiger partial charge >= 0.3 is 0 Å². The van der Waals surface area contributed by atoms with E-state index in [0.717, 1.165) is 24.1 Å². The van der Waals surface area contributed by atoms with E-state index in [2.05, 4.69) is 15.3 Å². The number of thiazole rings is 1. The summed E-state index contributed by atoms with van der Waals surface area (Å²) in [4.78, 5) is 32.2. The molecule has 2 aromatic heterocycles. The highest BCUT2D eigenvalue weighted by atomic mass is 32.2. The molecule has 0 saturated heterocycles. The fourth-order valence-electron chi connectivity index (χ4n) is 3.53. The molecule has 1 aliphatic carbocycles. The minimum absolute atomic E-state index is 0.0228. The standard InChI is InChI=1S/C20H22N4O2S3/c1-12-7-9-14(10-8-12)24-17-16(29-20(24)27)18(26)23-19(22-17)28-11-15(25)21-13-5-3-2-4-6-13/h7-10,13H,2-6,11H2,1H3,(H,21,25)(H,22,23,26). The number of benzene rings is 1. The number of aromatic nitrogens is 3. The first-order chi connectivity index (χ1) is 14.0. The Labute approximate surface area is 181 Å². The van der Waals surface area contributed by atoms with Gasteiger partial charge in [0.2, 0.25) is 5.91 Å². The zero-order valence-electron chi connectivity index (χ0n) is 16.1. The zero-order chi connectivity index (χ0) is 20.4. The first-order valence-electron chi connectivity index (χ1n) is 9.66. The van der Waals surface area contributed by atoms with E-state index in [0.29, 0.717) is 19.5 Å². The number of hydrogen-bond acceptors (Lipinski definition) is 6. The highest BCUT2D eigenvalue weighted by molar-refractivity contribution is 7.99. The van der Waals surface area contributed by atoms with E-state index in [1.165, 1.54) is 42.4 Å². The third-order valence-corrected chi connectivity index (χ3v) is 7.26. The molecule has 3 aromatic rings. The van der Waals surface area contributed by atoms with E-state index >= 15 is 0 Å². The predicted molar refractivity (Wildman–Crippen MR) is 121 cm³/mol. The van der Waals surface area contributed by atoms with Crippen molar-refractivity contribution in [2.75, 3.05) is 5.75 Å². The Morgan fingerprint density at radius 2 is 2.03 bits per heavy atom. The van der Waals surface area contributed by atoms with Crippen LogP contribution in [0.3, 0.4) is 0 Å². The lowest BCUT2D eigenvalue weighted by atomic mass is 9.95. The van der Waals surface area contributed by atoms with Crippen LogP contribution in [0.1, 0.15) is 37.7 Å². The van der Waals surface area contributed by atoms with E-state index in [-0.39, 0.29) is 23.3 Å². The van der Waals surface area contributed by atoms with Crippen LogP contribution in [0.15, 0.2) is 34.2 Å². The van der Waals surface area contributed by atoms with Gasteiger partial charge in [-0.05, 0) is 44.1 Å². The van der Waals surface area contributed by atoms with Crippen molar-refractivity contribution in [2.24, 2.45) is 0 Å². The smallest absolute Gasteiger partial charge is 0.271 e. The molecule has 2 heterocycles. The van der Waals surface area contributed by atoms with Crippen molar-refractivity contribution in [3.05, 3.63) is 44.1 Å². The van der Waals surface area contributed by atoms with Crippen molar-refractivity contribution in [1.82, 2.24) is 19.9 Å². The molecule has 1 fully saturated rings. The van der Waals surface area contributed by atoms with Gasteiger partial charge in [-0.15, -0.1) is 0 Å². The first kappa shape index (κ1) is 20.3. The Bertz CT molecular complexity index is 1140.